The largest absolute Gasteiger partial charge is 0.378 e. The highest BCUT2D eigenvalue weighted by Gasteiger charge is 2.25. The molecule has 0 spiro atoms. The van der Waals surface area contributed by atoms with Crippen LogP contribution in [0, 0.1) is 10.1 Å². The van der Waals surface area contributed by atoms with Gasteiger partial charge in [0.15, 0.2) is 0 Å². The van der Waals surface area contributed by atoms with E-state index in [4.69, 9.17) is 4.74 Å². The minimum atomic E-state index is -0.373. The standard InChI is InChI=1S/C32H31N5O3/c1-2-36-30-6-4-3-5-28(30)29-20-24(9-14-31(29)36)21-33-34-22-26-11-10-25(32(26)35-15-17-40-18-16-35)19-23-7-12-27(13-8-23)37(38)39/h3-9,12-14,19-22H,2,10-11,15-18H2,1H3/b25-19-,33-21+,34-22+. The Kier molecular flexibility index (Phi) is 7.25. The van der Waals surface area contributed by atoms with Gasteiger partial charge in [-0.1, -0.05) is 24.3 Å². The summed E-state index contributed by atoms with van der Waals surface area (Å²) in [7, 11) is 0. The first kappa shape index (κ1) is 25.7. The molecule has 0 N–H and O–H groups in total. The van der Waals surface area contributed by atoms with Gasteiger partial charge < -0.3 is 14.2 Å². The van der Waals surface area contributed by atoms with Crippen LogP contribution < -0.4 is 0 Å². The average molecular weight is 534 g/mol. The van der Waals surface area contributed by atoms with E-state index in [1.807, 2.05) is 12.4 Å². The van der Waals surface area contributed by atoms with Gasteiger partial charge in [0, 0.05) is 59.3 Å². The van der Waals surface area contributed by atoms with E-state index in [1.165, 1.54) is 33.1 Å². The summed E-state index contributed by atoms with van der Waals surface area (Å²) in [6.45, 7) is 6.10. The lowest BCUT2D eigenvalue weighted by Gasteiger charge is -2.31. The number of hydrogen-bond acceptors (Lipinski definition) is 6. The first-order chi connectivity index (χ1) is 19.6. The van der Waals surface area contributed by atoms with Gasteiger partial charge in [-0.15, -0.1) is 0 Å². The monoisotopic (exact) mass is 533 g/mol. The Bertz CT molecular complexity index is 1690. The molecule has 1 fully saturated rings. The molecule has 1 aliphatic heterocycles. The summed E-state index contributed by atoms with van der Waals surface area (Å²) in [5.41, 5.74) is 8.05. The van der Waals surface area contributed by atoms with Gasteiger partial charge in [0.1, 0.15) is 0 Å². The number of fused-ring (bicyclic) bond motifs is 3. The van der Waals surface area contributed by atoms with Crippen molar-refractivity contribution in [1.29, 1.82) is 0 Å². The van der Waals surface area contributed by atoms with Crippen molar-refractivity contribution in [3.63, 3.8) is 0 Å². The first-order valence-electron chi connectivity index (χ1n) is 13.7. The zero-order chi connectivity index (χ0) is 27.5. The Morgan fingerprint density at radius 3 is 2.40 bits per heavy atom. The van der Waals surface area contributed by atoms with E-state index in [2.05, 4.69) is 75.1 Å². The molecule has 1 aliphatic carbocycles. The molecule has 0 bridgehead atoms. The van der Waals surface area contributed by atoms with Crippen LogP contribution in [0.25, 0.3) is 27.9 Å². The Morgan fingerprint density at radius 2 is 1.62 bits per heavy atom. The van der Waals surface area contributed by atoms with Crippen LogP contribution in [0.2, 0.25) is 0 Å². The van der Waals surface area contributed by atoms with Crippen molar-refractivity contribution in [2.24, 2.45) is 10.2 Å². The number of ether oxygens (including phenoxy) is 1. The van der Waals surface area contributed by atoms with E-state index in [0.29, 0.717) is 13.2 Å². The Labute approximate surface area is 232 Å². The third-order valence-corrected chi connectivity index (χ3v) is 7.64. The molecule has 6 rings (SSSR count). The summed E-state index contributed by atoms with van der Waals surface area (Å²) in [6, 6.07) is 21.6. The molecule has 0 amide bonds. The molecular formula is C32H31N5O3. The highest BCUT2D eigenvalue weighted by Crippen LogP contribution is 2.35. The summed E-state index contributed by atoms with van der Waals surface area (Å²) in [5, 5.41) is 22.4. The van der Waals surface area contributed by atoms with Gasteiger partial charge in [-0.2, -0.15) is 10.2 Å². The van der Waals surface area contributed by atoms with Gasteiger partial charge in [-0.05, 0) is 78.4 Å². The maximum absolute atomic E-state index is 11.0. The summed E-state index contributed by atoms with van der Waals surface area (Å²) in [4.78, 5) is 13.0. The molecule has 1 saturated heterocycles. The smallest absolute Gasteiger partial charge is 0.269 e. The zero-order valence-electron chi connectivity index (χ0n) is 22.5. The first-order valence-corrected chi connectivity index (χ1v) is 13.7. The molecule has 8 heteroatoms. The predicted molar refractivity (Wildman–Crippen MR) is 161 cm³/mol. The lowest BCUT2D eigenvalue weighted by atomic mass is 10.1. The summed E-state index contributed by atoms with van der Waals surface area (Å²) >= 11 is 0. The number of morpholine rings is 1. The van der Waals surface area contributed by atoms with Crippen LogP contribution in [0.1, 0.15) is 30.9 Å². The number of aromatic nitrogens is 1. The van der Waals surface area contributed by atoms with Crippen LogP contribution in [-0.2, 0) is 11.3 Å². The molecule has 0 radical (unpaired) electrons. The third-order valence-electron chi connectivity index (χ3n) is 7.64. The molecule has 3 aromatic carbocycles. The molecule has 4 aromatic rings. The minimum absolute atomic E-state index is 0.0958. The highest BCUT2D eigenvalue weighted by atomic mass is 16.6. The second kappa shape index (κ2) is 11.3. The average Bonchev–Trinajstić information content (AvgIpc) is 3.54. The topological polar surface area (TPSA) is 85.3 Å². The van der Waals surface area contributed by atoms with Crippen molar-refractivity contribution in [2.75, 3.05) is 26.3 Å². The van der Waals surface area contributed by atoms with Gasteiger partial charge in [0.25, 0.3) is 5.69 Å². The lowest BCUT2D eigenvalue weighted by molar-refractivity contribution is -0.384. The molecule has 0 atom stereocenters. The number of nitro benzene ring substituents is 1. The van der Waals surface area contributed by atoms with E-state index in [1.54, 1.807) is 24.3 Å². The quantitative estimate of drug-likeness (QED) is 0.152. The van der Waals surface area contributed by atoms with Crippen LogP contribution >= 0.6 is 0 Å². The van der Waals surface area contributed by atoms with E-state index in [-0.39, 0.29) is 10.6 Å². The van der Waals surface area contributed by atoms with Crippen molar-refractivity contribution in [3.05, 3.63) is 105 Å². The number of nitro groups is 1. The predicted octanol–water partition coefficient (Wildman–Crippen LogP) is 6.59. The van der Waals surface area contributed by atoms with Gasteiger partial charge in [0.2, 0.25) is 0 Å². The zero-order valence-corrected chi connectivity index (χ0v) is 22.5. The Balaban J connectivity index is 1.27. The molecule has 40 heavy (non-hydrogen) atoms. The van der Waals surface area contributed by atoms with Crippen molar-refractivity contribution < 1.29 is 9.66 Å². The Morgan fingerprint density at radius 1 is 0.900 bits per heavy atom. The molecule has 8 nitrogen and oxygen atoms in total. The normalized spacial score (nSPS) is 17.4. The van der Waals surface area contributed by atoms with Crippen LogP contribution in [0.3, 0.4) is 0 Å². The number of rotatable bonds is 7. The Hall–Kier alpha value is -4.56. The van der Waals surface area contributed by atoms with Gasteiger partial charge in [-0.25, -0.2) is 0 Å². The fraction of sp³-hybridized carbons (Fsp3) is 0.250. The SMILES string of the molecule is CCn1c2ccccc2c2cc(/C=N/N=C/C3=C(N4CCOCC4)C(=C\c4ccc([N+](=O)[O-])cc4)/CC3)ccc21. The maximum atomic E-state index is 11.0. The number of non-ortho nitro benzene ring substituents is 1. The van der Waals surface area contributed by atoms with Crippen LogP contribution in [0.5, 0.6) is 0 Å². The van der Waals surface area contributed by atoms with Crippen molar-refractivity contribution in [3.8, 4) is 0 Å². The van der Waals surface area contributed by atoms with Gasteiger partial charge in [0.05, 0.1) is 30.6 Å². The maximum Gasteiger partial charge on any atom is 0.269 e. The number of allylic oxidation sites excluding steroid dienone is 2. The van der Waals surface area contributed by atoms with Crippen molar-refractivity contribution >= 4 is 46.0 Å². The number of nitrogens with zero attached hydrogens (tertiary/aromatic N) is 5. The van der Waals surface area contributed by atoms with Gasteiger partial charge >= 0.3 is 0 Å². The van der Waals surface area contributed by atoms with E-state index in [0.717, 1.165) is 49.2 Å². The molecule has 0 saturated carbocycles. The van der Waals surface area contributed by atoms with Crippen molar-refractivity contribution in [1.82, 2.24) is 9.47 Å². The second-order valence-corrected chi connectivity index (χ2v) is 10.0. The molecule has 2 aliphatic rings. The summed E-state index contributed by atoms with van der Waals surface area (Å²) < 4.78 is 7.93. The summed E-state index contributed by atoms with van der Waals surface area (Å²) in [5.74, 6) is 0. The lowest BCUT2D eigenvalue weighted by Crippen LogP contribution is -2.36. The molecule has 2 heterocycles. The fourth-order valence-electron chi connectivity index (χ4n) is 5.76. The minimum Gasteiger partial charge on any atom is -0.378 e. The van der Waals surface area contributed by atoms with Crippen LogP contribution in [-0.4, -0.2) is 53.1 Å². The summed E-state index contributed by atoms with van der Waals surface area (Å²) in [6.07, 6.45) is 7.56. The molecular weight excluding hydrogens is 502 g/mol. The fourth-order valence-corrected chi connectivity index (χ4v) is 5.76. The van der Waals surface area contributed by atoms with Crippen LogP contribution in [0.4, 0.5) is 5.69 Å². The van der Waals surface area contributed by atoms with Crippen molar-refractivity contribution in [2.45, 2.75) is 26.3 Å². The number of benzene rings is 3. The van der Waals surface area contributed by atoms with E-state index in [9.17, 15) is 10.1 Å². The third kappa shape index (κ3) is 5.05. The number of aryl methyl sites for hydroxylation is 1. The number of para-hydroxylation sites is 1. The molecule has 202 valence electrons. The number of hydrogen-bond donors (Lipinski definition) is 0. The van der Waals surface area contributed by atoms with E-state index < -0.39 is 0 Å². The van der Waals surface area contributed by atoms with Crippen LogP contribution in [0.15, 0.2) is 93.8 Å². The molecule has 1 aromatic heterocycles. The van der Waals surface area contributed by atoms with Gasteiger partial charge in [-0.3, -0.25) is 10.1 Å². The molecule has 0 unspecified atom stereocenters. The van der Waals surface area contributed by atoms with E-state index >= 15 is 0 Å². The second-order valence-electron chi connectivity index (χ2n) is 10.0. The highest BCUT2D eigenvalue weighted by molar-refractivity contribution is 6.09.